The first-order valence-electron chi connectivity index (χ1n) is 9.58. The molecular weight excluding hydrogens is 362 g/mol. The van der Waals surface area contributed by atoms with Crippen LogP contribution in [0, 0.1) is 16.0 Å². The van der Waals surface area contributed by atoms with Gasteiger partial charge in [-0.15, -0.1) is 0 Å². The lowest BCUT2D eigenvalue weighted by molar-refractivity contribution is -0.384. The quantitative estimate of drug-likeness (QED) is 0.321. The summed E-state index contributed by atoms with van der Waals surface area (Å²) in [5.41, 5.74) is 1.80. The van der Waals surface area contributed by atoms with Crippen LogP contribution in [0.25, 0.3) is 0 Å². The standard InChI is InChI=1S/C22H24ClNO3/c1-2-3-15-4-6-16(7-5-15)17-8-10-18(11-9-17)22(25)20-14-19(24(26)27)12-13-21(20)23/h8-16H,2-7H2,1H3. The van der Waals surface area contributed by atoms with Crippen LogP contribution in [0.3, 0.4) is 0 Å². The second-order valence-electron chi connectivity index (χ2n) is 7.38. The van der Waals surface area contributed by atoms with Crippen LogP contribution in [0.1, 0.15) is 72.9 Å². The van der Waals surface area contributed by atoms with Gasteiger partial charge in [0.15, 0.2) is 5.78 Å². The van der Waals surface area contributed by atoms with Gasteiger partial charge in [-0.1, -0.05) is 55.6 Å². The molecule has 0 unspecified atom stereocenters. The van der Waals surface area contributed by atoms with Gasteiger partial charge in [-0.05, 0) is 49.1 Å². The normalized spacial score (nSPS) is 19.6. The molecule has 2 aromatic carbocycles. The Morgan fingerprint density at radius 3 is 2.37 bits per heavy atom. The Morgan fingerprint density at radius 2 is 1.78 bits per heavy atom. The number of rotatable bonds is 6. The largest absolute Gasteiger partial charge is 0.289 e. The Balaban J connectivity index is 1.73. The molecule has 27 heavy (non-hydrogen) atoms. The van der Waals surface area contributed by atoms with Crippen molar-refractivity contribution in [1.29, 1.82) is 0 Å². The predicted molar refractivity (Wildman–Crippen MR) is 108 cm³/mol. The molecule has 0 heterocycles. The van der Waals surface area contributed by atoms with Crippen molar-refractivity contribution in [3.05, 3.63) is 74.3 Å². The molecule has 5 heteroatoms. The molecule has 0 bridgehead atoms. The Bertz CT molecular complexity index is 824. The summed E-state index contributed by atoms with van der Waals surface area (Å²) in [6.45, 7) is 2.25. The molecule has 1 saturated carbocycles. The Morgan fingerprint density at radius 1 is 1.11 bits per heavy atom. The van der Waals surface area contributed by atoms with Gasteiger partial charge in [0.25, 0.3) is 5.69 Å². The third-order valence-electron chi connectivity index (χ3n) is 5.59. The number of benzene rings is 2. The van der Waals surface area contributed by atoms with Gasteiger partial charge in [0.1, 0.15) is 0 Å². The van der Waals surface area contributed by atoms with Gasteiger partial charge in [-0.2, -0.15) is 0 Å². The Hall–Kier alpha value is -2.20. The van der Waals surface area contributed by atoms with Gasteiger partial charge in [-0.3, -0.25) is 14.9 Å². The number of hydrogen-bond acceptors (Lipinski definition) is 3. The number of ketones is 1. The van der Waals surface area contributed by atoms with Crippen molar-refractivity contribution < 1.29 is 9.72 Å². The third-order valence-corrected chi connectivity index (χ3v) is 5.92. The maximum absolute atomic E-state index is 12.7. The fraction of sp³-hybridized carbons (Fsp3) is 0.409. The average molecular weight is 386 g/mol. The first-order chi connectivity index (χ1) is 13.0. The van der Waals surface area contributed by atoms with Crippen LogP contribution in [-0.2, 0) is 0 Å². The van der Waals surface area contributed by atoms with Crippen molar-refractivity contribution in [1.82, 2.24) is 0 Å². The predicted octanol–water partition coefficient (Wildman–Crippen LogP) is 6.55. The van der Waals surface area contributed by atoms with Crippen molar-refractivity contribution in [2.24, 2.45) is 5.92 Å². The van der Waals surface area contributed by atoms with E-state index in [1.165, 1.54) is 62.3 Å². The smallest absolute Gasteiger partial charge is 0.270 e. The molecule has 142 valence electrons. The zero-order valence-electron chi connectivity index (χ0n) is 15.5. The van der Waals surface area contributed by atoms with Crippen LogP contribution in [0.15, 0.2) is 42.5 Å². The van der Waals surface area contributed by atoms with E-state index in [1.54, 1.807) is 0 Å². The Kier molecular flexibility index (Phi) is 6.27. The molecule has 0 N–H and O–H groups in total. The molecule has 0 aromatic heterocycles. The molecular formula is C22H24ClNO3. The van der Waals surface area contributed by atoms with E-state index in [0.29, 0.717) is 11.5 Å². The van der Waals surface area contributed by atoms with Gasteiger partial charge < -0.3 is 0 Å². The van der Waals surface area contributed by atoms with E-state index in [4.69, 9.17) is 11.6 Å². The maximum atomic E-state index is 12.7. The van der Waals surface area contributed by atoms with Gasteiger partial charge in [0.2, 0.25) is 0 Å². The van der Waals surface area contributed by atoms with Crippen LogP contribution in [0.5, 0.6) is 0 Å². The molecule has 4 nitrogen and oxygen atoms in total. The second kappa shape index (κ2) is 8.66. The molecule has 3 rings (SSSR count). The van der Waals surface area contributed by atoms with E-state index >= 15 is 0 Å². The number of carbonyl (C=O) groups excluding carboxylic acids is 1. The highest BCUT2D eigenvalue weighted by Gasteiger charge is 2.22. The second-order valence-corrected chi connectivity index (χ2v) is 7.79. The van der Waals surface area contributed by atoms with Gasteiger partial charge in [0, 0.05) is 23.3 Å². The van der Waals surface area contributed by atoms with Gasteiger partial charge in [-0.25, -0.2) is 0 Å². The van der Waals surface area contributed by atoms with Crippen LogP contribution in [0.4, 0.5) is 5.69 Å². The minimum atomic E-state index is -0.523. The lowest BCUT2D eigenvalue weighted by atomic mass is 9.77. The van der Waals surface area contributed by atoms with E-state index in [1.807, 2.05) is 24.3 Å². The lowest BCUT2D eigenvalue weighted by Crippen LogP contribution is -2.13. The summed E-state index contributed by atoms with van der Waals surface area (Å²) in [6, 6.07) is 11.6. The van der Waals surface area contributed by atoms with Crippen LogP contribution in [-0.4, -0.2) is 10.7 Å². The third kappa shape index (κ3) is 4.56. The summed E-state index contributed by atoms with van der Waals surface area (Å²) in [7, 11) is 0. The Labute approximate surface area is 164 Å². The van der Waals surface area contributed by atoms with E-state index in [0.717, 1.165) is 5.92 Å². The van der Waals surface area contributed by atoms with Crippen LogP contribution < -0.4 is 0 Å². The average Bonchev–Trinajstić information content (AvgIpc) is 2.69. The first kappa shape index (κ1) is 19.6. The van der Waals surface area contributed by atoms with Crippen molar-refractivity contribution in [3.8, 4) is 0 Å². The number of carbonyl (C=O) groups is 1. The minimum absolute atomic E-state index is 0.136. The molecule has 1 aliphatic rings. The van der Waals surface area contributed by atoms with Crippen molar-refractivity contribution in [2.45, 2.75) is 51.4 Å². The molecule has 0 spiro atoms. The van der Waals surface area contributed by atoms with Crippen molar-refractivity contribution in [2.75, 3.05) is 0 Å². The minimum Gasteiger partial charge on any atom is -0.289 e. The van der Waals surface area contributed by atoms with Crippen LogP contribution in [0.2, 0.25) is 5.02 Å². The van der Waals surface area contributed by atoms with E-state index in [9.17, 15) is 14.9 Å². The molecule has 1 fully saturated rings. The zero-order chi connectivity index (χ0) is 19.4. The molecule has 0 aliphatic heterocycles. The number of non-ortho nitro benzene ring substituents is 1. The summed E-state index contributed by atoms with van der Waals surface area (Å²) in [4.78, 5) is 23.2. The first-order valence-corrected chi connectivity index (χ1v) is 9.96. The highest BCUT2D eigenvalue weighted by atomic mass is 35.5. The summed E-state index contributed by atoms with van der Waals surface area (Å²) in [5, 5.41) is 11.2. The lowest BCUT2D eigenvalue weighted by Gasteiger charge is -2.28. The topological polar surface area (TPSA) is 60.2 Å². The fourth-order valence-electron chi connectivity index (χ4n) is 4.06. The zero-order valence-corrected chi connectivity index (χ0v) is 16.2. The van der Waals surface area contributed by atoms with E-state index in [2.05, 4.69) is 6.92 Å². The van der Waals surface area contributed by atoms with Gasteiger partial charge >= 0.3 is 0 Å². The molecule has 0 radical (unpaired) electrons. The SMILES string of the molecule is CCCC1CCC(c2ccc(C(=O)c3cc([N+](=O)[O-])ccc3Cl)cc2)CC1. The molecule has 2 aromatic rings. The monoisotopic (exact) mass is 385 g/mol. The van der Waals surface area contributed by atoms with E-state index in [-0.39, 0.29) is 22.1 Å². The highest BCUT2D eigenvalue weighted by molar-refractivity contribution is 6.35. The summed E-state index contributed by atoms with van der Waals surface area (Å²) in [5.74, 6) is 1.13. The maximum Gasteiger partial charge on any atom is 0.270 e. The van der Waals surface area contributed by atoms with E-state index < -0.39 is 4.92 Å². The highest BCUT2D eigenvalue weighted by Crippen LogP contribution is 2.37. The summed E-state index contributed by atoms with van der Waals surface area (Å²) in [6.07, 6.45) is 7.55. The number of nitro groups is 1. The molecule has 0 amide bonds. The number of nitro benzene ring substituents is 1. The molecule has 0 atom stereocenters. The summed E-state index contributed by atoms with van der Waals surface area (Å²) < 4.78 is 0. The summed E-state index contributed by atoms with van der Waals surface area (Å²) >= 11 is 6.09. The molecule has 1 aliphatic carbocycles. The fourth-order valence-corrected chi connectivity index (χ4v) is 4.26. The van der Waals surface area contributed by atoms with Crippen LogP contribution >= 0.6 is 11.6 Å². The van der Waals surface area contributed by atoms with Gasteiger partial charge in [0.05, 0.1) is 9.95 Å². The number of halogens is 1. The number of nitrogens with zero attached hydrogens (tertiary/aromatic N) is 1. The van der Waals surface area contributed by atoms with Crippen molar-refractivity contribution in [3.63, 3.8) is 0 Å². The number of hydrogen-bond donors (Lipinski definition) is 0. The van der Waals surface area contributed by atoms with Crippen molar-refractivity contribution >= 4 is 23.1 Å². The molecule has 0 saturated heterocycles.